The lowest BCUT2D eigenvalue weighted by Crippen LogP contribution is -2.19. The van der Waals surface area contributed by atoms with E-state index in [1.807, 2.05) is 6.07 Å². The van der Waals surface area contributed by atoms with Gasteiger partial charge < -0.3 is 4.74 Å². The van der Waals surface area contributed by atoms with E-state index in [1.54, 1.807) is 0 Å². The molecule has 0 bridgehead atoms. The van der Waals surface area contributed by atoms with Crippen LogP contribution in [0.5, 0.6) is 5.75 Å². The molecule has 17 heavy (non-hydrogen) atoms. The molecule has 0 aromatic heterocycles. The molecular weight excluding hydrogens is 276 g/mol. The van der Waals surface area contributed by atoms with E-state index in [-0.39, 0.29) is 0 Å². The van der Waals surface area contributed by atoms with Crippen LogP contribution in [0.1, 0.15) is 39.2 Å². The van der Waals surface area contributed by atoms with E-state index < -0.39 is 0 Å². The molecule has 1 nitrogen and oxygen atoms in total. The fourth-order valence-corrected chi connectivity index (χ4v) is 2.64. The Morgan fingerprint density at radius 2 is 1.76 bits per heavy atom. The van der Waals surface area contributed by atoms with Crippen molar-refractivity contribution in [2.75, 3.05) is 11.9 Å². The lowest BCUT2D eigenvalue weighted by molar-refractivity contribution is 0.225. The highest BCUT2D eigenvalue weighted by Crippen LogP contribution is 2.27. The van der Waals surface area contributed by atoms with Gasteiger partial charge in [0, 0.05) is 11.2 Å². The van der Waals surface area contributed by atoms with Crippen LogP contribution in [-0.4, -0.2) is 11.9 Å². The fraction of sp³-hybridized carbons (Fsp3) is 0.600. The highest BCUT2D eigenvalue weighted by molar-refractivity contribution is 9.09. The molecule has 0 heterocycles. The lowest BCUT2D eigenvalue weighted by atomic mass is 9.99. The topological polar surface area (TPSA) is 9.23 Å². The van der Waals surface area contributed by atoms with Crippen LogP contribution in [0, 0.1) is 11.8 Å². The number of alkyl halides is 1. The average molecular weight is 299 g/mol. The SMILES string of the molecule is CC(C)c1ccccc1OCC(CBr)C(C)C. The Labute approximate surface area is 114 Å². The van der Waals surface area contributed by atoms with E-state index >= 15 is 0 Å². The van der Waals surface area contributed by atoms with Crippen molar-refractivity contribution >= 4 is 15.9 Å². The first kappa shape index (κ1) is 14.6. The van der Waals surface area contributed by atoms with Crippen molar-refractivity contribution < 1.29 is 4.74 Å². The van der Waals surface area contributed by atoms with E-state index in [9.17, 15) is 0 Å². The Morgan fingerprint density at radius 3 is 2.29 bits per heavy atom. The zero-order valence-corrected chi connectivity index (χ0v) is 12.8. The molecule has 1 atom stereocenters. The number of halogens is 1. The molecule has 0 aliphatic heterocycles. The minimum absolute atomic E-state index is 0.507. The molecule has 0 aliphatic rings. The maximum Gasteiger partial charge on any atom is 0.122 e. The Balaban J connectivity index is 2.68. The fourth-order valence-electron chi connectivity index (χ4n) is 1.70. The summed E-state index contributed by atoms with van der Waals surface area (Å²) in [4.78, 5) is 0. The van der Waals surface area contributed by atoms with Crippen molar-refractivity contribution in [2.45, 2.75) is 33.6 Å². The Bertz CT molecular complexity index is 333. The Morgan fingerprint density at radius 1 is 1.12 bits per heavy atom. The molecule has 0 N–H and O–H groups in total. The Hall–Kier alpha value is -0.500. The van der Waals surface area contributed by atoms with Gasteiger partial charge in [-0.2, -0.15) is 0 Å². The standard InChI is InChI=1S/C15H23BrO/c1-11(2)13(9-16)10-17-15-8-6-5-7-14(15)12(3)4/h5-8,11-13H,9-10H2,1-4H3. The monoisotopic (exact) mass is 298 g/mol. The molecule has 0 amide bonds. The Kier molecular flexibility index (Phi) is 6.04. The summed E-state index contributed by atoms with van der Waals surface area (Å²) in [6, 6.07) is 8.34. The van der Waals surface area contributed by atoms with Crippen LogP contribution in [0.3, 0.4) is 0 Å². The van der Waals surface area contributed by atoms with Gasteiger partial charge in [-0.25, -0.2) is 0 Å². The van der Waals surface area contributed by atoms with E-state index in [4.69, 9.17) is 4.74 Å². The van der Waals surface area contributed by atoms with Crippen LogP contribution in [0.2, 0.25) is 0 Å². The van der Waals surface area contributed by atoms with Gasteiger partial charge in [0.2, 0.25) is 0 Å². The van der Waals surface area contributed by atoms with Crippen LogP contribution >= 0.6 is 15.9 Å². The molecular formula is C15H23BrO. The van der Waals surface area contributed by atoms with Crippen molar-refractivity contribution in [1.29, 1.82) is 0 Å². The third-order valence-electron chi connectivity index (χ3n) is 3.13. The predicted octanol–water partition coefficient (Wildman–Crippen LogP) is 4.86. The number of rotatable bonds is 6. The summed E-state index contributed by atoms with van der Waals surface area (Å²) in [5.74, 6) is 2.75. The third kappa shape index (κ3) is 4.34. The summed E-state index contributed by atoms with van der Waals surface area (Å²) in [5, 5.41) is 0.995. The van der Waals surface area contributed by atoms with Crippen molar-refractivity contribution in [3.8, 4) is 5.75 Å². The van der Waals surface area contributed by atoms with Gasteiger partial charge in [-0.1, -0.05) is 61.8 Å². The van der Waals surface area contributed by atoms with E-state index in [1.165, 1.54) is 5.56 Å². The molecule has 96 valence electrons. The van der Waals surface area contributed by atoms with Gasteiger partial charge in [0.1, 0.15) is 5.75 Å². The van der Waals surface area contributed by atoms with E-state index in [0.29, 0.717) is 17.8 Å². The third-order valence-corrected chi connectivity index (χ3v) is 3.97. The molecule has 0 radical (unpaired) electrons. The highest BCUT2D eigenvalue weighted by atomic mass is 79.9. The van der Waals surface area contributed by atoms with Gasteiger partial charge in [0.05, 0.1) is 6.61 Å². The smallest absolute Gasteiger partial charge is 0.122 e. The van der Waals surface area contributed by atoms with Crippen LogP contribution in [0.4, 0.5) is 0 Å². The van der Waals surface area contributed by atoms with Gasteiger partial charge in [-0.15, -0.1) is 0 Å². The van der Waals surface area contributed by atoms with Crippen molar-refractivity contribution in [1.82, 2.24) is 0 Å². The first-order valence-corrected chi connectivity index (χ1v) is 7.46. The van der Waals surface area contributed by atoms with Crippen molar-refractivity contribution in [3.63, 3.8) is 0 Å². The molecule has 0 aliphatic carbocycles. The molecule has 1 aromatic rings. The maximum absolute atomic E-state index is 5.98. The molecule has 2 heteroatoms. The quantitative estimate of drug-likeness (QED) is 0.682. The second-order valence-corrected chi connectivity index (χ2v) is 5.81. The van der Waals surface area contributed by atoms with Gasteiger partial charge in [-0.3, -0.25) is 0 Å². The van der Waals surface area contributed by atoms with Gasteiger partial charge in [-0.05, 0) is 23.5 Å². The van der Waals surface area contributed by atoms with Crippen LogP contribution in [0.25, 0.3) is 0 Å². The summed E-state index contributed by atoms with van der Waals surface area (Å²) in [7, 11) is 0. The predicted molar refractivity (Wildman–Crippen MR) is 78.1 cm³/mol. The molecule has 0 fully saturated rings. The number of ether oxygens (including phenoxy) is 1. The number of benzene rings is 1. The zero-order chi connectivity index (χ0) is 12.8. The van der Waals surface area contributed by atoms with Gasteiger partial charge >= 0.3 is 0 Å². The first-order valence-electron chi connectivity index (χ1n) is 6.34. The number of hydrogen-bond acceptors (Lipinski definition) is 1. The highest BCUT2D eigenvalue weighted by Gasteiger charge is 2.14. The normalized spacial score (nSPS) is 13.1. The lowest BCUT2D eigenvalue weighted by Gasteiger charge is -2.20. The van der Waals surface area contributed by atoms with E-state index in [0.717, 1.165) is 17.7 Å². The average Bonchev–Trinajstić information content (AvgIpc) is 2.29. The van der Waals surface area contributed by atoms with Gasteiger partial charge in [0.15, 0.2) is 0 Å². The van der Waals surface area contributed by atoms with E-state index in [2.05, 4.69) is 61.8 Å². The molecule has 1 rings (SSSR count). The van der Waals surface area contributed by atoms with Crippen molar-refractivity contribution in [3.05, 3.63) is 29.8 Å². The summed E-state index contributed by atoms with van der Waals surface area (Å²) < 4.78 is 5.98. The molecule has 0 saturated heterocycles. The zero-order valence-electron chi connectivity index (χ0n) is 11.2. The van der Waals surface area contributed by atoms with Crippen LogP contribution in [0.15, 0.2) is 24.3 Å². The molecule has 0 saturated carbocycles. The molecule has 1 unspecified atom stereocenters. The summed E-state index contributed by atoms with van der Waals surface area (Å²) >= 11 is 3.56. The molecule has 0 spiro atoms. The number of hydrogen-bond donors (Lipinski definition) is 0. The van der Waals surface area contributed by atoms with Gasteiger partial charge in [0.25, 0.3) is 0 Å². The summed E-state index contributed by atoms with van der Waals surface area (Å²) in [5.41, 5.74) is 1.30. The summed E-state index contributed by atoms with van der Waals surface area (Å²) in [6.45, 7) is 9.67. The number of para-hydroxylation sites is 1. The summed E-state index contributed by atoms with van der Waals surface area (Å²) in [6.07, 6.45) is 0. The van der Waals surface area contributed by atoms with Crippen LogP contribution < -0.4 is 4.74 Å². The largest absolute Gasteiger partial charge is 0.493 e. The first-order chi connectivity index (χ1) is 8.06. The maximum atomic E-state index is 5.98. The van der Waals surface area contributed by atoms with Crippen LogP contribution in [-0.2, 0) is 0 Å². The second kappa shape index (κ2) is 7.05. The minimum atomic E-state index is 0.507. The van der Waals surface area contributed by atoms with Crippen molar-refractivity contribution in [2.24, 2.45) is 11.8 Å². The molecule has 1 aromatic carbocycles. The minimum Gasteiger partial charge on any atom is -0.493 e. The second-order valence-electron chi connectivity index (χ2n) is 5.16.